The molecule has 0 spiro atoms. The Hall–Kier alpha value is -2.63. The predicted octanol–water partition coefficient (Wildman–Crippen LogP) is 2.58. The summed E-state index contributed by atoms with van der Waals surface area (Å²) in [4.78, 5) is 26.2. The summed E-state index contributed by atoms with van der Waals surface area (Å²) in [6, 6.07) is 9.78. The third-order valence-corrected chi connectivity index (χ3v) is 3.27. The molecule has 0 aliphatic rings. The SMILES string of the molecule is CCC(C(=O)OC)N(C(=O)c1cc(C)on1)c1ccccc1. The molecule has 1 atom stereocenters. The Bertz CT molecular complexity index is 651. The fourth-order valence-corrected chi connectivity index (χ4v) is 2.21. The Balaban J connectivity index is 2.45. The van der Waals surface area contributed by atoms with Gasteiger partial charge in [-0.25, -0.2) is 4.79 Å². The largest absolute Gasteiger partial charge is 0.467 e. The molecule has 0 fully saturated rings. The Morgan fingerprint density at radius 1 is 1.32 bits per heavy atom. The molecule has 1 aromatic carbocycles. The van der Waals surface area contributed by atoms with Crippen LogP contribution in [0.15, 0.2) is 40.9 Å². The first-order valence-electron chi connectivity index (χ1n) is 6.98. The number of carbonyl (C=O) groups is 2. The number of hydrogen-bond donors (Lipinski definition) is 0. The number of aryl methyl sites for hydroxylation is 1. The van der Waals surface area contributed by atoms with Crippen molar-refractivity contribution in [1.29, 1.82) is 0 Å². The minimum atomic E-state index is -0.725. The maximum absolute atomic E-state index is 12.8. The van der Waals surface area contributed by atoms with Crippen LogP contribution in [0.5, 0.6) is 0 Å². The minimum absolute atomic E-state index is 0.156. The molecule has 2 rings (SSSR count). The second-order valence-electron chi connectivity index (χ2n) is 4.78. The lowest BCUT2D eigenvalue weighted by Crippen LogP contribution is -2.45. The zero-order valence-electron chi connectivity index (χ0n) is 12.8. The quantitative estimate of drug-likeness (QED) is 0.794. The third kappa shape index (κ3) is 3.16. The summed E-state index contributed by atoms with van der Waals surface area (Å²) in [6.07, 6.45) is 0.421. The molecule has 6 heteroatoms. The van der Waals surface area contributed by atoms with Gasteiger partial charge in [-0.2, -0.15) is 0 Å². The van der Waals surface area contributed by atoms with E-state index in [4.69, 9.17) is 9.26 Å². The number of esters is 1. The summed E-state index contributed by atoms with van der Waals surface area (Å²) in [5.41, 5.74) is 0.758. The first-order valence-corrected chi connectivity index (χ1v) is 6.98. The maximum atomic E-state index is 12.8. The van der Waals surface area contributed by atoms with E-state index in [2.05, 4.69) is 5.16 Å². The number of carbonyl (C=O) groups excluding carboxylic acids is 2. The highest BCUT2D eigenvalue weighted by Gasteiger charge is 2.32. The molecular formula is C16H18N2O4. The number of nitrogens with zero attached hydrogens (tertiary/aromatic N) is 2. The van der Waals surface area contributed by atoms with Gasteiger partial charge in [0.2, 0.25) is 0 Å². The molecule has 0 saturated carbocycles. The average molecular weight is 302 g/mol. The molecule has 22 heavy (non-hydrogen) atoms. The van der Waals surface area contributed by atoms with Gasteiger partial charge in [0, 0.05) is 11.8 Å². The lowest BCUT2D eigenvalue weighted by molar-refractivity contribution is -0.142. The smallest absolute Gasteiger partial charge is 0.328 e. The number of anilines is 1. The molecular weight excluding hydrogens is 284 g/mol. The zero-order chi connectivity index (χ0) is 16.1. The minimum Gasteiger partial charge on any atom is -0.467 e. The van der Waals surface area contributed by atoms with Crippen LogP contribution in [-0.4, -0.2) is 30.2 Å². The molecule has 2 aromatic rings. The van der Waals surface area contributed by atoms with Gasteiger partial charge in [0.15, 0.2) is 5.69 Å². The summed E-state index contributed by atoms with van der Waals surface area (Å²) < 4.78 is 9.78. The summed E-state index contributed by atoms with van der Waals surface area (Å²) in [5.74, 6) is -0.345. The number of ether oxygens (including phenoxy) is 1. The molecule has 0 aliphatic heterocycles. The Kier molecular flexibility index (Phi) is 4.93. The van der Waals surface area contributed by atoms with Gasteiger partial charge >= 0.3 is 5.97 Å². The average Bonchev–Trinajstić information content (AvgIpc) is 2.98. The predicted molar refractivity (Wildman–Crippen MR) is 80.6 cm³/mol. The van der Waals surface area contributed by atoms with Crippen LogP contribution in [-0.2, 0) is 9.53 Å². The fourth-order valence-electron chi connectivity index (χ4n) is 2.21. The molecule has 1 aromatic heterocycles. The van der Waals surface area contributed by atoms with Crippen molar-refractivity contribution in [3.8, 4) is 0 Å². The molecule has 116 valence electrons. The highest BCUT2D eigenvalue weighted by molar-refractivity contribution is 6.08. The van der Waals surface area contributed by atoms with Gasteiger partial charge < -0.3 is 9.26 Å². The molecule has 0 aliphatic carbocycles. The van der Waals surface area contributed by atoms with E-state index >= 15 is 0 Å². The first-order chi connectivity index (χ1) is 10.6. The molecule has 1 amide bonds. The summed E-state index contributed by atoms with van der Waals surface area (Å²) >= 11 is 0. The number of benzene rings is 1. The second kappa shape index (κ2) is 6.89. The molecule has 0 N–H and O–H groups in total. The zero-order valence-corrected chi connectivity index (χ0v) is 12.8. The lowest BCUT2D eigenvalue weighted by Gasteiger charge is -2.28. The molecule has 0 bridgehead atoms. The fraction of sp³-hybridized carbons (Fsp3) is 0.312. The van der Waals surface area contributed by atoms with E-state index in [0.29, 0.717) is 17.9 Å². The number of hydrogen-bond acceptors (Lipinski definition) is 5. The van der Waals surface area contributed by atoms with Gasteiger partial charge in [0.25, 0.3) is 5.91 Å². The standard InChI is InChI=1S/C16H18N2O4/c1-4-14(16(20)21-3)18(12-8-6-5-7-9-12)15(19)13-10-11(2)22-17-13/h5-10,14H,4H2,1-3H3. The Labute approximate surface area is 128 Å². The van der Waals surface area contributed by atoms with Crippen molar-refractivity contribution in [2.24, 2.45) is 0 Å². The van der Waals surface area contributed by atoms with Gasteiger partial charge in [-0.3, -0.25) is 9.69 Å². The van der Waals surface area contributed by atoms with Crippen molar-refractivity contribution < 1.29 is 18.8 Å². The first kappa shape index (κ1) is 15.8. The van der Waals surface area contributed by atoms with Crippen LogP contribution in [0.2, 0.25) is 0 Å². The van der Waals surface area contributed by atoms with Crippen molar-refractivity contribution in [3.63, 3.8) is 0 Å². The van der Waals surface area contributed by atoms with Crippen molar-refractivity contribution in [3.05, 3.63) is 47.9 Å². The molecule has 1 heterocycles. The summed E-state index contributed by atoms with van der Waals surface area (Å²) in [5, 5.41) is 3.75. The summed E-state index contributed by atoms with van der Waals surface area (Å²) in [7, 11) is 1.30. The van der Waals surface area contributed by atoms with E-state index in [0.717, 1.165) is 0 Å². The number of rotatable bonds is 5. The highest BCUT2D eigenvalue weighted by Crippen LogP contribution is 2.22. The van der Waals surface area contributed by atoms with Gasteiger partial charge in [-0.15, -0.1) is 0 Å². The molecule has 0 saturated heterocycles. The molecule has 0 radical (unpaired) electrons. The number of aromatic nitrogens is 1. The maximum Gasteiger partial charge on any atom is 0.328 e. The van der Waals surface area contributed by atoms with Crippen molar-refractivity contribution >= 4 is 17.6 Å². The van der Waals surface area contributed by atoms with Crippen molar-refractivity contribution in [2.75, 3.05) is 12.0 Å². The topological polar surface area (TPSA) is 72.6 Å². The normalized spacial score (nSPS) is 11.8. The highest BCUT2D eigenvalue weighted by atomic mass is 16.5. The number of amides is 1. The van der Waals surface area contributed by atoms with Crippen LogP contribution in [0.4, 0.5) is 5.69 Å². The number of methoxy groups -OCH3 is 1. The van der Waals surface area contributed by atoms with E-state index in [1.807, 2.05) is 13.0 Å². The van der Waals surface area contributed by atoms with Gasteiger partial charge in [-0.1, -0.05) is 30.3 Å². The van der Waals surface area contributed by atoms with Crippen LogP contribution in [0.25, 0.3) is 0 Å². The summed E-state index contributed by atoms with van der Waals surface area (Å²) in [6.45, 7) is 3.52. The van der Waals surface area contributed by atoms with Crippen molar-refractivity contribution in [1.82, 2.24) is 5.16 Å². The van der Waals surface area contributed by atoms with Crippen LogP contribution in [0.3, 0.4) is 0 Å². The monoisotopic (exact) mass is 302 g/mol. The van der Waals surface area contributed by atoms with Crippen molar-refractivity contribution in [2.45, 2.75) is 26.3 Å². The van der Waals surface area contributed by atoms with Crippen LogP contribution in [0, 0.1) is 6.92 Å². The second-order valence-corrected chi connectivity index (χ2v) is 4.78. The van der Waals surface area contributed by atoms with E-state index in [1.165, 1.54) is 12.0 Å². The van der Waals surface area contributed by atoms with Gasteiger partial charge in [0.1, 0.15) is 11.8 Å². The van der Waals surface area contributed by atoms with E-state index in [9.17, 15) is 9.59 Å². The van der Waals surface area contributed by atoms with Crippen LogP contribution in [0.1, 0.15) is 29.6 Å². The Morgan fingerprint density at radius 3 is 2.50 bits per heavy atom. The molecule has 1 unspecified atom stereocenters. The van der Waals surface area contributed by atoms with E-state index in [-0.39, 0.29) is 5.69 Å². The van der Waals surface area contributed by atoms with Crippen LogP contribution < -0.4 is 4.90 Å². The number of para-hydroxylation sites is 1. The molecule has 6 nitrogen and oxygen atoms in total. The van der Waals surface area contributed by atoms with Crippen LogP contribution >= 0.6 is 0 Å². The van der Waals surface area contributed by atoms with E-state index < -0.39 is 17.9 Å². The third-order valence-electron chi connectivity index (χ3n) is 3.27. The van der Waals surface area contributed by atoms with Gasteiger partial charge in [-0.05, 0) is 25.5 Å². The van der Waals surface area contributed by atoms with Gasteiger partial charge in [0.05, 0.1) is 7.11 Å². The lowest BCUT2D eigenvalue weighted by atomic mass is 10.1. The Morgan fingerprint density at radius 2 is 2.00 bits per heavy atom. The van der Waals surface area contributed by atoms with E-state index in [1.54, 1.807) is 37.3 Å².